The Labute approximate surface area is 224 Å². The number of ether oxygens (including phenoxy) is 2. The first kappa shape index (κ1) is 30.7. The molecule has 2 rings (SSSR count). The van der Waals surface area contributed by atoms with Crippen LogP contribution in [0.5, 0.6) is 5.75 Å². The minimum atomic E-state index is -0.00959. The molecule has 0 bridgehead atoms. The van der Waals surface area contributed by atoms with Gasteiger partial charge in [0.25, 0.3) is 0 Å². The van der Waals surface area contributed by atoms with E-state index in [1.807, 2.05) is 0 Å². The van der Waals surface area contributed by atoms with Crippen LogP contribution in [-0.2, 0) is 15.3 Å². The predicted octanol–water partition coefficient (Wildman–Crippen LogP) is 8.62. The molecule has 0 N–H and O–H groups in total. The van der Waals surface area contributed by atoms with Crippen molar-refractivity contribution in [2.75, 3.05) is 18.8 Å². The Kier molecular flexibility index (Phi) is 10.9. The molecule has 0 spiro atoms. The molecule has 0 radical (unpaired) electrons. The molecule has 0 heterocycles. The Morgan fingerprint density at radius 1 is 0.944 bits per heavy atom. The highest BCUT2D eigenvalue weighted by Gasteiger charge is 2.36. The fraction of sp³-hybridized carbons (Fsp3) is 0.625. The summed E-state index contributed by atoms with van der Waals surface area (Å²) in [5.41, 5.74) is 6.75. The van der Waals surface area contributed by atoms with Crippen LogP contribution >= 0.6 is 8.58 Å². The van der Waals surface area contributed by atoms with Gasteiger partial charge in [0.15, 0.2) is 6.79 Å². The molecule has 0 amide bonds. The van der Waals surface area contributed by atoms with Crippen molar-refractivity contribution in [3.63, 3.8) is 0 Å². The number of nitrogens with zero attached hydrogens (tertiary/aromatic N) is 1. The summed E-state index contributed by atoms with van der Waals surface area (Å²) in [5.74, 6) is 1.01. The molecule has 0 aliphatic rings. The lowest BCUT2D eigenvalue weighted by Gasteiger charge is -2.40. The Morgan fingerprint density at radius 3 is 2.08 bits per heavy atom. The van der Waals surface area contributed by atoms with E-state index in [1.165, 1.54) is 33.2 Å². The minimum absolute atomic E-state index is 0.00959. The molecule has 2 unspecified atom stereocenters. The average molecular weight is 514 g/mol. The van der Waals surface area contributed by atoms with E-state index in [-0.39, 0.29) is 17.4 Å². The quantitative estimate of drug-likeness (QED) is 0.209. The highest BCUT2D eigenvalue weighted by Crippen LogP contribution is 2.53. The highest BCUT2D eigenvalue weighted by molar-refractivity contribution is 7.49. The molecule has 0 saturated heterocycles. The van der Waals surface area contributed by atoms with Gasteiger partial charge < -0.3 is 14.4 Å². The summed E-state index contributed by atoms with van der Waals surface area (Å²) in [6.07, 6.45) is 3.31. The van der Waals surface area contributed by atoms with Gasteiger partial charge in [-0.3, -0.25) is 0 Å². The van der Waals surface area contributed by atoms with E-state index in [2.05, 4.69) is 111 Å². The van der Waals surface area contributed by atoms with E-state index in [9.17, 15) is 0 Å². The molecule has 3 nitrogen and oxygen atoms in total. The average Bonchev–Trinajstić information content (AvgIpc) is 2.78. The van der Waals surface area contributed by atoms with Crippen LogP contribution < -0.4 is 14.9 Å². The van der Waals surface area contributed by atoms with Crippen molar-refractivity contribution in [3.8, 4) is 5.75 Å². The lowest BCUT2D eigenvalue weighted by atomic mass is 9.81. The van der Waals surface area contributed by atoms with Crippen LogP contribution in [-0.4, -0.2) is 26.0 Å². The lowest BCUT2D eigenvalue weighted by molar-refractivity contribution is 0.0493. The number of methoxy groups -OCH3 is 1. The molecule has 36 heavy (non-hydrogen) atoms. The van der Waals surface area contributed by atoms with Crippen LogP contribution in [0.3, 0.4) is 0 Å². The van der Waals surface area contributed by atoms with Crippen LogP contribution in [0.15, 0.2) is 30.3 Å². The van der Waals surface area contributed by atoms with E-state index in [4.69, 9.17) is 9.47 Å². The fourth-order valence-corrected chi connectivity index (χ4v) is 7.41. The molecule has 0 fully saturated rings. The van der Waals surface area contributed by atoms with Crippen LogP contribution in [0, 0.1) is 13.8 Å². The number of aryl methyl sites for hydroxylation is 2. The number of hydrogen-bond acceptors (Lipinski definition) is 3. The second kappa shape index (κ2) is 12.8. The first-order valence-electron chi connectivity index (χ1n) is 13.8. The molecule has 2 aromatic rings. The molecule has 0 aromatic heterocycles. The summed E-state index contributed by atoms with van der Waals surface area (Å²) in [6, 6.07) is 12.5. The number of hydrogen-bond donors (Lipinski definition) is 0. The Morgan fingerprint density at radius 2 is 1.58 bits per heavy atom. The predicted molar refractivity (Wildman–Crippen MR) is 161 cm³/mol. The molecule has 2 aromatic carbocycles. The van der Waals surface area contributed by atoms with Crippen LogP contribution in [0.1, 0.15) is 104 Å². The van der Waals surface area contributed by atoms with Crippen molar-refractivity contribution in [1.82, 2.24) is 0 Å². The monoisotopic (exact) mass is 513 g/mol. The summed E-state index contributed by atoms with van der Waals surface area (Å²) in [6.45, 7) is 25.6. The van der Waals surface area contributed by atoms with E-state index in [0.717, 1.165) is 25.0 Å². The van der Waals surface area contributed by atoms with Gasteiger partial charge in [0, 0.05) is 35.6 Å². The summed E-state index contributed by atoms with van der Waals surface area (Å²) >= 11 is 0. The van der Waals surface area contributed by atoms with Gasteiger partial charge in [0.2, 0.25) is 0 Å². The normalized spacial score (nSPS) is 14.2. The summed E-state index contributed by atoms with van der Waals surface area (Å²) < 4.78 is 11.7. The van der Waals surface area contributed by atoms with Gasteiger partial charge in [-0.15, -0.1) is 0 Å². The zero-order valence-corrected chi connectivity index (χ0v) is 26.1. The minimum Gasteiger partial charge on any atom is -0.467 e. The Bertz CT molecular complexity index is 984. The van der Waals surface area contributed by atoms with Gasteiger partial charge >= 0.3 is 0 Å². The summed E-state index contributed by atoms with van der Waals surface area (Å²) in [4.78, 5) is 2.58. The zero-order chi connectivity index (χ0) is 27.3. The molecular weight excluding hydrogens is 461 g/mol. The topological polar surface area (TPSA) is 21.7 Å². The molecule has 0 aliphatic heterocycles. The van der Waals surface area contributed by atoms with Crippen molar-refractivity contribution in [1.29, 1.82) is 0 Å². The SMILES string of the molecule is CCCC(CC)(Pc1c(C)cccc1N(C(C)C)C(C)C)c1cc(C(C)(C)C)cc(C)c1OCOC. The van der Waals surface area contributed by atoms with Crippen LogP contribution in [0.2, 0.25) is 0 Å². The number of anilines is 1. The van der Waals surface area contributed by atoms with E-state index < -0.39 is 0 Å². The van der Waals surface area contributed by atoms with Crippen molar-refractivity contribution in [3.05, 3.63) is 52.6 Å². The van der Waals surface area contributed by atoms with Crippen molar-refractivity contribution in [2.24, 2.45) is 0 Å². The van der Waals surface area contributed by atoms with Gasteiger partial charge in [0.05, 0.1) is 0 Å². The Balaban J connectivity index is 2.86. The Hall–Kier alpha value is -1.57. The van der Waals surface area contributed by atoms with E-state index in [0.29, 0.717) is 20.7 Å². The van der Waals surface area contributed by atoms with E-state index in [1.54, 1.807) is 7.11 Å². The molecule has 4 heteroatoms. The van der Waals surface area contributed by atoms with Gasteiger partial charge in [-0.05, 0) is 87.9 Å². The largest absolute Gasteiger partial charge is 0.467 e. The maximum absolute atomic E-state index is 6.33. The third-order valence-corrected chi connectivity index (χ3v) is 9.52. The lowest BCUT2D eigenvalue weighted by Crippen LogP contribution is -2.40. The number of benzene rings is 2. The van der Waals surface area contributed by atoms with Crippen LogP contribution in [0.4, 0.5) is 5.69 Å². The molecule has 0 aliphatic carbocycles. The van der Waals surface area contributed by atoms with Crippen molar-refractivity contribution in [2.45, 2.75) is 118 Å². The molecule has 202 valence electrons. The first-order chi connectivity index (χ1) is 16.8. The first-order valence-corrected chi connectivity index (χ1v) is 14.8. The van der Waals surface area contributed by atoms with Gasteiger partial charge in [-0.25, -0.2) is 0 Å². The molecule has 0 saturated carbocycles. The highest BCUT2D eigenvalue weighted by atomic mass is 31.1. The van der Waals surface area contributed by atoms with E-state index >= 15 is 0 Å². The smallest absolute Gasteiger partial charge is 0.188 e. The summed E-state index contributed by atoms with van der Waals surface area (Å²) in [5, 5.41) is 1.48. The van der Waals surface area contributed by atoms with Gasteiger partial charge in [0.1, 0.15) is 5.75 Å². The zero-order valence-electron chi connectivity index (χ0n) is 25.1. The van der Waals surface area contributed by atoms with Crippen molar-refractivity contribution < 1.29 is 9.47 Å². The molecular formula is C32H52NO2P. The van der Waals surface area contributed by atoms with Gasteiger partial charge in [-0.1, -0.05) is 73.9 Å². The maximum Gasteiger partial charge on any atom is 0.188 e. The summed E-state index contributed by atoms with van der Waals surface area (Å²) in [7, 11) is 2.34. The third-order valence-electron chi connectivity index (χ3n) is 7.26. The maximum atomic E-state index is 6.33. The second-order valence-corrected chi connectivity index (χ2v) is 13.6. The molecule has 2 atom stereocenters. The fourth-order valence-electron chi connectivity index (χ4n) is 5.44. The van der Waals surface area contributed by atoms with Crippen LogP contribution in [0.25, 0.3) is 0 Å². The number of rotatable bonds is 12. The van der Waals surface area contributed by atoms with Crippen molar-refractivity contribution >= 4 is 19.6 Å². The second-order valence-electron chi connectivity index (χ2n) is 11.8. The third kappa shape index (κ3) is 6.84. The van der Waals surface area contributed by atoms with Gasteiger partial charge in [-0.2, -0.15) is 0 Å². The standard InChI is InChI=1S/C32H52NO2P/c1-13-18-32(14-2,27-20-26(31(9,10)11)19-25(8)29(27)35-21-34-12)36-30-24(7)16-15-17-28(30)33(22(3)4)23(5)6/h15-17,19-20,22-23,36H,13-14,18,21H2,1-12H3.